The molecule has 36 heavy (non-hydrogen) atoms. The van der Waals surface area contributed by atoms with Crippen molar-refractivity contribution in [2.24, 2.45) is 11.8 Å². The van der Waals surface area contributed by atoms with Crippen LogP contribution in [0, 0.1) is 11.8 Å². The van der Waals surface area contributed by atoms with Crippen LogP contribution in [0.25, 0.3) is 0 Å². The van der Waals surface area contributed by atoms with Gasteiger partial charge in [0.25, 0.3) is 0 Å². The molecule has 6 nitrogen and oxygen atoms in total. The molecule has 0 aromatic heterocycles. The first-order chi connectivity index (χ1) is 17.6. The van der Waals surface area contributed by atoms with Gasteiger partial charge in [0.1, 0.15) is 18.5 Å². The van der Waals surface area contributed by atoms with Gasteiger partial charge in [-0.25, -0.2) is 0 Å². The summed E-state index contributed by atoms with van der Waals surface area (Å²) in [4.78, 5) is 27.1. The van der Waals surface area contributed by atoms with E-state index in [9.17, 15) is 14.7 Å². The Balaban J connectivity index is 1.42. The minimum atomic E-state index is -0.947. The summed E-state index contributed by atoms with van der Waals surface area (Å²) < 4.78 is 12.2. The molecule has 1 aliphatic carbocycles. The predicted octanol–water partition coefficient (Wildman–Crippen LogP) is 4.92. The maximum atomic E-state index is 13.1. The average Bonchev–Trinajstić information content (AvgIpc) is 2.92. The fourth-order valence-corrected chi connectivity index (χ4v) is 5.11. The lowest BCUT2D eigenvalue weighted by Crippen LogP contribution is -2.43. The van der Waals surface area contributed by atoms with E-state index in [4.69, 9.17) is 9.47 Å². The van der Waals surface area contributed by atoms with E-state index in [1.165, 1.54) is 12.0 Å². The highest BCUT2D eigenvalue weighted by molar-refractivity contribution is 5.81. The first-order valence-corrected chi connectivity index (χ1v) is 13.2. The number of carbonyl (C=O) groups excluding carboxylic acids is 1. The van der Waals surface area contributed by atoms with Crippen molar-refractivity contribution in [2.45, 2.75) is 51.0 Å². The molecule has 1 saturated heterocycles. The molecular weight excluding hydrogens is 454 g/mol. The number of carboxylic acid groups (broad SMARTS) is 1. The van der Waals surface area contributed by atoms with E-state index in [1.807, 2.05) is 48.6 Å². The van der Waals surface area contributed by atoms with Gasteiger partial charge in [-0.3, -0.25) is 14.5 Å². The fraction of sp³-hybridized carbons (Fsp3) is 0.467. The molecule has 2 aromatic carbocycles. The Morgan fingerprint density at radius 2 is 1.58 bits per heavy atom. The molecule has 2 aliphatic rings. The van der Waals surface area contributed by atoms with Crippen LogP contribution in [0.4, 0.5) is 0 Å². The number of carboxylic acids is 1. The summed E-state index contributed by atoms with van der Waals surface area (Å²) in [6, 6.07) is 18.4. The lowest BCUT2D eigenvalue weighted by molar-refractivity contribution is -0.164. The van der Waals surface area contributed by atoms with Gasteiger partial charge in [0.2, 0.25) is 0 Å². The zero-order chi connectivity index (χ0) is 25.2. The topological polar surface area (TPSA) is 76.1 Å². The van der Waals surface area contributed by atoms with Crippen molar-refractivity contribution in [3.05, 3.63) is 77.9 Å². The number of nitrogens with zero attached hydrogens (tertiary/aromatic N) is 1. The van der Waals surface area contributed by atoms with Crippen molar-refractivity contribution in [3.8, 4) is 5.75 Å². The Morgan fingerprint density at radius 1 is 0.889 bits per heavy atom. The number of piperidine rings is 1. The lowest BCUT2D eigenvalue weighted by atomic mass is 9.83. The number of hydrogen-bond acceptors (Lipinski definition) is 5. The largest absolute Gasteiger partial charge is 0.489 e. The van der Waals surface area contributed by atoms with E-state index in [-0.39, 0.29) is 6.61 Å². The fourth-order valence-electron chi connectivity index (χ4n) is 5.11. The molecule has 3 unspecified atom stereocenters. The van der Waals surface area contributed by atoms with Gasteiger partial charge >= 0.3 is 11.9 Å². The van der Waals surface area contributed by atoms with Gasteiger partial charge in [-0.2, -0.15) is 0 Å². The number of hydrogen-bond donors (Lipinski definition) is 1. The number of rotatable bonds is 11. The van der Waals surface area contributed by atoms with Gasteiger partial charge in [0.15, 0.2) is 0 Å². The molecule has 0 saturated carbocycles. The highest BCUT2D eigenvalue weighted by Gasteiger charge is 2.36. The van der Waals surface area contributed by atoms with Crippen LogP contribution in [0.1, 0.15) is 43.2 Å². The second-order valence-electron chi connectivity index (χ2n) is 9.82. The summed E-state index contributed by atoms with van der Waals surface area (Å²) in [6.07, 6.45) is 9.28. The number of carbonyl (C=O) groups is 2. The van der Waals surface area contributed by atoms with E-state index < -0.39 is 29.9 Å². The van der Waals surface area contributed by atoms with E-state index in [2.05, 4.69) is 23.1 Å². The second kappa shape index (κ2) is 13.3. The van der Waals surface area contributed by atoms with Gasteiger partial charge in [0, 0.05) is 6.54 Å². The Labute approximate surface area is 213 Å². The monoisotopic (exact) mass is 491 g/mol. The average molecular weight is 492 g/mol. The Morgan fingerprint density at radius 3 is 2.33 bits per heavy atom. The third-order valence-corrected chi connectivity index (χ3v) is 7.17. The highest BCUT2D eigenvalue weighted by atomic mass is 16.6. The molecule has 0 bridgehead atoms. The number of aryl methyl sites for hydroxylation is 2. The number of allylic oxidation sites excluding steroid dienone is 2. The number of ether oxygens (including phenoxy) is 2. The Bertz CT molecular complexity index is 1020. The molecule has 2 aromatic rings. The SMILES string of the molecule is O=C(O)C1CC=CCC1C(=O)OC(COc1ccccc1CCc1ccccc1)CN1CCCCC1. The molecule has 1 N–H and O–H groups in total. The van der Waals surface area contributed by atoms with Crippen LogP contribution < -0.4 is 4.74 Å². The smallest absolute Gasteiger partial charge is 0.310 e. The quantitative estimate of drug-likeness (QED) is 0.355. The molecule has 6 heteroatoms. The molecule has 4 rings (SSSR count). The molecule has 1 heterocycles. The summed E-state index contributed by atoms with van der Waals surface area (Å²) >= 11 is 0. The molecular formula is C30H37NO5. The van der Waals surface area contributed by atoms with Gasteiger partial charge < -0.3 is 14.6 Å². The first-order valence-electron chi connectivity index (χ1n) is 13.2. The molecule has 192 valence electrons. The maximum absolute atomic E-state index is 13.1. The van der Waals surface area contributed by atoms with Crippen molar-refractivity contribution in [1.29, 1.82) is 0 Å². The Hall–Kier alpha value is -3.12. The molecule has 3 atom stereocenters. The summed E-state index contributed by atoms with van der Waals surface area (Å²) in [5.41, 5.74) is 2.39. The molecule has 0 radical (unpaired) electrons. The second-order valence-corrected chi connectivity index (χ2v) is 9.82. The van der Waals surface area contributed by atoms with Crippen LogP contribution in [0.2, 0.25) is 0 Å². The number of aliphatic carboxylic acids is 1. The standard InChI is InChI=1S/C30H37NO5/c32-29(33)26-14-6-7-15-27(26)30(34)36-25(21-31-19-9-2-10-20-31)22-35-28-16-8-5-13-24(28)18-17-23-11-3-1-4-12-23/h1,3-8,11-13,16,25-27H,2,9-10,14-15,17-22H2,(H,32,33). The molecule has 0 amide bonds. The summed E-state index contributed by atoms with van der Waals surface area (Å²) in [6.45, 7) is 2.79. The van der Waals surface area contributed by atoms with Crippen LogP contribution in [0.5, 0.6) is 5.75 Å². The number of esters is 1. The van der Waals surface area contributed by atoms with Gasteiger partial charge in [-0.1, -0.05) is 67.1 Å². The summed E-state index contributed by atoms with van der Waals surface area (Å²) in [7, 11) is 0. The van der Waals surface area contributed by atoms with Crippen LogP contribution >= 0.6 is 0 Å². The van der Waals surface area contributed by atoms with E-state index in [0.29, 0.717) is 19.4 Å². The van der Waals surface area contributed by atoms with E-state index >= 15 is 0 Å². The number of para-hydroxylation sites is 1. The van der Waals surface area contributed by atoms with Crippen LogP contribution in [-0.2, 0) is 27.2 Å². The van der Waals surface area contributed by atoms with Crippen molar-refractivity contribution < 1.29 is 24.2 Å². The highest BCUT2D eigenvalue weighted by Crippen LogP contribution is 2.28. The number of likely N-dealkylation sites (tertiary alicyclic amines) is 1. The first kappa shape index (κ1) is 26.0. The third kappa shape index (κ3) is 7.44. The number of benzene rings is 2. The van der Waals surface area contributed by atoms with Gasteiger partial charge in [0.05, 0.1) is 11.8 Å². The zero-order valence-corrected chi connectivity index (χ0v) is 20.9. The molecule has 1 aliphatic heterocycles. The zero-order valence-electron chi connectivity index (χ0n) is 20.9. The third-order valence-electron chi connectivity index (χ3n) is 7.17. The lowest BCUT2D eigenvalue weighted by Gasteiger charge is -2.32. The summed E-state index contributed by atoms with van der Waals surface area (Å²) in [5.74, 6) is -1.98. The molecule has 1 fully saturated rings. The maximum Gasteiger partial charge on any atom is 0.310 e. The van der Waals surface area contributed by atoms with Crippen LogP contribution in [-0.4, -0.2) is 54.3 Å². The predicted molar refractivity (Wildman–Crippen MR) is 139 cm³/mol. The van der Waals surface area contributed by atoms with Gasteiger partial charge in [-0.05, 0) is 68.8 Å². The minimum Gasteiger partial charge on any atom is -0.489 e. The minimum absolute atomic E-state index is 0.241. The van der Waals surface area contributed by atoms with Crippen molar-refractivity contribution in [2.75, 3.05) is 26.2 Å². The normalized spacial score (nSPS) is 21.0. The van der Waals surface area contributed by atoms with E-state index in [1.54, 1.807) is 0 Å². The molecule has 0 spiro atoms. The van der Waals surface area contributed by atoms with Crippen molar-refractivity contribution >= 4 is 11.9 Å². The Kier molecular flexibility index (Phi) is 9.56. The summed E-state index contributed by atoms with van der Waals surface area (Å²) in [5, 5.41) is 9.59. The van der Waals surface area contributed by atoms with Crippen molar-refractivity contribution in [1.82, 2.24) is 4.90 Å². The van der Waals surface area contributed by atoms with Crippen molar-refractivity contribution in [3.63, 3.8) is 0 Å². The van der Waals surface area contributed by atoms with Gasteiger partial charge in [-0.15, -0.1) is 0 Å². The van der Waals surface area contributed by atoms with Crippen LogP contribution in [0.15, 0.2) is 66.7 Å². The van der Waals surface area contributed by atoms with Crippen LogP contribution in [0.3, 0.4) is 0 Å². The van der Waals surface area contributed by atoms with E-state index in [0.717, 1.165) is 50.1 Å².